The van der Waals surface area contributed by atoms with Gasteiger partial charge in [0, 0.05) is 12.2 Å². The Morgan fingerprint density at radius 3 is 3.14 bits per heavy atom. The van der Waals surface area contributed by atoms with Crippen LogP contribution >= 0.6 is 0 Å². The van der Waals surface area contributed by atoms with Gasteiger partial charge in [0.15, 0.2) is 0 Å². The molecular formula is C10H15N3O. The molecule has 0 radical (unpaired) electrons. The number of nitrogens with one attached hydrogen (secondary N) is 2. The van der Waals surface area contributed by atoms with Gasteiger partial charge >= 0.3 is 0 Å². The monoisotopic (exact) mass is 193 g/mol. The molecule has 2 N–H and O–H groups in total. The van der Waals surface area contributed by atoms with E-state index in [2.05, 4.69) is 22.4 Å². The number of hydrogen-bond acceptors (Lipinski definition) is 2. The topological polar surface area (TPSA) is 57.8 Å². The summed E-state index contributed by atoms with van der Waals surface area (Å²) in [6, 6.07) is 0.268. The highest BCUT2D eigenvalue weighted by Crippen LogP contribution is 2.33. The van der Waals surface area contributed by atoms with Gasteiger partial charge in [-0.3, -0.25) is 9.89 Å². The molecule has 1 saturated carbocycles. The number of hydrogen-bond donors (Lipinski definition) is 2. The summed E-state index contributed by atoms with van der Waals surface area (Å²) in [6.45, 7) is 2.05. The van der Waals surface area contributed by atoms with Crippen molar-refractivity contribution in [2.75, 3.05) is 0 Å². The molecule has 1 aromatic rings. The van der Waals surface area contributed by atoms with Crippen molar-refractivity contribution in [3.05, 3.63) is 18.0 Å². The maximum Gasteiger partial charge on any atom is 0.254 e. The predicted octanol–water partition coefficient (Wildman–Crippen LogP) is 1.33. The first-order valence-corrected chi connectivity index (χ1v) is 5.05. The second kappa shape index (κ2) is 3.82. The molecule has 1 aliphatic carbocycles. The standard InChI is InChI=1S/C10H15N3O/c1-7(4-8-2-3-8)13-10(14)9-5-11-12-6-9/h5-8H,2-4H2,1H3,(H,11,12)(H,13,14). The summed E-state index contributed by atoms with van der Waals surface area (Å²) in [4.78, 5) is 11.5. The Bertz CT molecular complexity index is 303. The number of aromatic nitrogens is 2. The second-order valence-corrected chi connectivity index (χ2v) is 4.04. The molecule has 1 amide bonds. The lowest BCUT2D eigenvalue weighted by Crippen LogP contribution is -2.32. The van der Waals surface area contributed by atoms with Crippen LogP contribution in [0.15, 0.2) is 12.4 Å². The Balaban J connectivity index is 1.81. The zero-order valence-electron chi connectivity index (χ0n) is 8.29. The van der Waals surface area contributed by atoms with Crippen LogP contribution in [0.3, 0.4) is 0 Å². The largest absolute Gasteiger partial charge is 0.349 e. The second-order valence-electron chi connectivity index (χ2n) is 4.04. The van der Waals surface area contributed by atoms with Crippen LogP contribution in [0.5, 0.6) is 0 Å². The summed E-state index contributed by atoms with van der Waals surface area (Å²) < 4.78 is 0. The van der Waals surface area contributed by atoms with Crippen LogP contribution in [0, 0.1) is 5.92 Å². The van der Waals surface area contributed by atoms with Crippen LogP contribution in [0.4, 0.5) is 0 Å². The van der Waals surface area contributed by atoms with Crippen LogP contribution in [-0.2, 0) is 0 Å². The number of carbonyl (C=O) groups is 1. The summed E-state index contributed by atoms with van der Waals surface area (Å²) in [5, 5.41) is 9.32. The van der Waals surface area contributed by atoms with E-state index in [9.17, 15) is 4.79 Å². The van der Waals surface area contributed by atoms with E-state index in [1.165, 1.54) is 12.8 Å². The minimum Gasteiger partial charge on any atom is -0.349 e. The molecule has 4 nitrogen and oxygen atoms in total. The normalized spacial score (nSPS) is 17.8. The Hall–Kier alpha value is -1.32. The van der Waals surface area contributed by atoms with Crippen LogP contribution in [0.2, 0.25) is 0 Å². The van der Waals surface area contributed by atoms with E-state index < -0.39 is 0 Å². The summed E-state index contributed by atoms with van der Waals surface area (Å²) in [6.07, 6.45) is 6.90. The number of rotatable bonds is 4. The quantitative estimate of drug-likeness (QED) is 0.757. The van der Waals surface area contributed by atoms with Crippen molar-refractivity contribution in [3.63, 3.8) is 0 Å². The molecule has 0 spiro atoms. The van der Waals surface area contributed by atoms with Crippen molar-refractivity contribution < 1.29 is 4.79 Å². The van der Waals surface area contributed by atoms with Gasteiger partial charge in [-0.2, -0.15) is 5.10 Å². The average molecular weight is 193 g/mol. The van der Waals surface area contributed by atoms with E-state index in [0.29, 0.717) is 5.56 Å². The first-order valence-electron chi connectivity index (χ1n) is 5.05. The Labute approximate surface area is 83.1 Å². The molecule has 0 aromatic carbocycles. The lowest BCUT2D eigenvalue weighted by atomic mass is 10.1. The van der Waals surface area contributed by atoms with Crippen molar-refractivity contribution in [2.24, 2.45) is 5.92 Å². The molecule has 1 atom stereocenters. The number of H-pyrrole nitrogens is 1. The van der Waals surface area contributed by atoms with Crippen molar-refractivity contribution in [2.45, 2.75) is 32.2 Å². The zero-order chi connectivity index (χ0) is 9.97. The fourth-order valence-electron chi connectivity index (χ4n) is 1.59. The molecule has 0 bridgehead atoms. The summed E-state index contributed by atoms with van der Waals surface area (Å²) in [5.74, 6) is 0.807. The molecule has 0 saturated heterocycles. The average Bonchev–Trinajstić information content (AvgIpc) is 2.80. The molecule has 76 valence electrons. The number of carbonyl (C=O) groups excluding carboxylic acids is 1. The smallest absolute Gasteiger partial charge is 0.254 e. The predicted molar refractivity (Wildman–Crippen MR) is 52.9 cm³/mol. The first-order chi connectivity index (χ1) is 6.75. The van der Waals surface area contributed by atoms with Crippen molar-refractivity contribution >= 4 is 5.91 Å². The van der Waals surface area contributed by atoms with E-state index in [0.717, 1.165) is 12.3 Å². The van der Waals surface area contributed by atoms with Gasteiger partial charge in [0.25, 0.3) is 5.91 Å². The SMILES string of the molecule is CC(CC1CC1)NC(=O)c1cn[nH]c1. The molecule has 14 heavy (non-hydrogen) atoms. The number of nitrogens with zero attached hydrogens (tertiary/aromatic N) is 1. The van der Waals surface area contributed by atoms with E-state index in [1.807, 2.05) is 0 Å². The first kappa shape index (κ1) is 9.24. The van der Waals surface area contributed by atoms with Crippen LogP contribution in [0.1, 0.15) is 36.5 Å². The maximum atomic E-state index is 11.5. The van der Waals surface area contributed by atoms with Gasteiger partial charge in [-0.15, -0.1) is 0 Å². The van der Waals surface area contributed by atoms with Crippen LogP contribution in [-0.4, -0.2) is 22.1 Å². The fourth-order valence-corrected chi connectivity index (χ4v) is 1.59. The highest BCUT2D eigenvalue weighted by Gasteiger charge is 2.24. The number of aromatic amines is 1. The molecule has 1 unspecified atom stereocenters. The Morgan fingerprint density at radius 1 is 1.79 bits per heavy atom. The molecule has 1 heterocycles. The Morgan fingerprint density at radius 2 is 2.57 bits per heavy atom. The van der Waals surface area contributed by atoms with Crippen LogP contribution < -0.4 is 5.32 Å². The summed E-state index contributed by atoms with van der Waals surface area (Å²) in [5.41, 5.74) is 0.604. The Kier molecular flexibility index (Phi) is 2.52. The van der Waals surface area contributed by atoms with Crippen molar-refractivity contribution in [1.29, 1.82) is 0 Å². The van der Waals surface area contributed by atoms with E-state index in [-0.39, 0.29) is 11.9 Å². The third-order valence-electron chi connectivity index (χ3n) is 2.52. The lowest BCUT2D eigenvalue weighted by Gasteiger charge is -2.11. The van der Waals surface area contributed by atoms with Gasteiger partial charge < -0.3 is 5.32 Å². The van der Waals surface area contributed by atoms with Crippen LogP contribution in [0.25, 0.3) is 0 Å². The van der Waals surface area contributed by atoms with Gasteiger partial charge in [0.1, 0.15) is 0 Å². The zero-order valence-corrected chi connectivity index (χ0v) is 8.29. The van der Waals surface area contributed by atoms with Gasteiger partial charge in [0.05, 0.1) is 11.8 Å². The molecule has 2 rings (SSSR count). The van der Waals surface area contributed by atoms with Crippen molar-refractivity contribution in [1.82, 2.24) is 15.5 Å². The minimum atomic E-state index is -0.0353. The molecular weight excluding hydrogens is 178 g/mol. The summed E-state index contributed by atoms with van der Waals surface area (Å²) in [7, 11) is 0. The minimum absolute atomic E-state index is 0.0353. The van der Waals surface area contributed by atoms with E-state index in [1.54, 1.807) is 12.4 Å². The lowest BCUT2D eigenvalue weighted by molar-refractivity contribution is 0.0937. The third-order valence-corrected chi connectivity index (χ3v) is 2.52. The van der Waals surface area contributed by atoms with E-state index >= 15 is 0 Å². The van der Waals surface area contributed by atoms with Gasteiger partial charge in [0.2, 0.25) is 0 Å². The molecule has 4 heteroatoms. The molecule has 1 fully saturated rings. The number of amides is 1. The summed E-state index contributed by atoms with van der Waals surface area (Å²) >= 11 is 0. The maximum absolute atomic E-state index is 11.5. The molecule has 0 aliphatic heterocycles. The molecule has 1 aliphatic rings. The molecule has 1 aromatic heterocycles. The highest BCUT2D eigenvalue weighted by molar-refractivity contribution is 5.93. The third kappa shape index (κ3) is 2.34. The highest BCUT2D eigenvalue weighted by atomic mass is 16.1. The van der Waals surface area contributed by atoms with Gasteiger partial charge in [-0.25, -0.2) is 0 Å². The fraction of sp³-hybridized carbons (Fsp3) is 0.600. The van der Waals surface area contributed by atoms with Gasteiger partial charge in [-0.05, 0) is 19.3 Å². The van der Waals surface area contributed by atoms with Gasteiger partial charge in [-0.1, -0.05) is 12.8 Å². The van der Waals surface area contributed by atoms with Crippen molar-refractivity contribution in [3.8, 4) is 0 Å². The van der Waals surface area contributed by atoms with E-state index in [4.69, 9.17) is 0 Å².